The Hall–Kier alpha value is -3.82. The fourth-order valence-corrected chi connectivity index (χ4v) is 5.25. The molecule has 0 bridgehead atoms. The number of rotatable bonds is 5. The van der Waals surface area contributed by atoms with Crippen LogP contribution in [-0.2, 0) is 27.3 Å². The summed E-state index contributed by atoms with van der Waals surface area (Å²) in [6, 6.07) is 16.1. The molecule has 10 heteroatoms. The zero-order chi connectivity index (χ0) is 26.1. The van der Waals surface area contributed by atoms with Crippen molar-refractivity contribution < 1.29 is 28.3 Å². The van der Waals surface area contributed by atoms with Crippen molar-refractivity contribution >= 4 is 52.5 Å². The van der Waals surface area contributed by atoms with Gasteiger partial charge in [-0.05, 0) is 59.6 Å². The monoisotopic (exact) mass is 536 g/mol. The minimum absolute atomic E-state index is 0.161. The number of hydrogen-bond acceptors (Lipinski definition) is 7. The summed E-state index contributed by atoms with van der Waals surface area (Å²) in [4.78, 5) is 53.1. The molecule has 2 aromatic carbocycles. The second kappa shape index (κ2) is 10.3. The fourth-order valence-electron chi connectivity index (χ4n) is 4.24. The van der Waals surface area contributed by atoms with Crippen molar-refractivity contribution in [3.8, 4) is 11.3 Å². The standard InChI is InChI=1S/C27H21ClN2O6S/c1-35-26(33)20-12-17(6-8-21(20)28)22-9-7-19(36-22)13-23-25(32)30(27(34)37-23)15-24(31)29-11-10-16-4-2-3-5-18(16)14-29/h2-9,12-13H,10-11,14-15H2,1H3/b23-13+. The smallest absolute Gasteiger partial charge is 0.339 e. The number of thioether (sulfide) groups is 1. The minimum Gasteiger partial charge on any atom is -0.465 e. The highest BCUT2D eigenvalue weighted by Gasteiger charge is 2.37. The maximum absolute atomic E-state index is 12.9. The second-order valence-electron chi connectivity index (χ2n) is 8.49. The maximum Gasteiger partial charge on any atom is 0.339 e. The molecule has 0 N–H and O–H groups in total. The Morgan fingerprint density at radius 2 is 1.89 bits per heavy atom. The molecule has 3 aromatic rings. The predicted octanol–water partition coefficient (Wildman–Crippen LogP) is 5.01. The number of nitrogens with zero attached hydrogens (tertiary/aromatic N) is 2. The van der Waals surface area contributed by atoms with E-state index in [0.29, 0.717) is 30.2 Å². The first-order valence-corrected chi connectivity index (χ1v) is 12.6. The van der Waals surface area contributed by atoms with Crippen molar-refractivity contribution in [1.29, 1.82) is 0 Å². The number of benzene rings is 2. The average Bonchev–Trinajstić information content (AvgIpc) is 3.48. The van der Waals surface area contributed by atoms with Crippen LogP contribution in [0.4, 0.5) is 4.79 Å². The number of ether oxygens (including phenoxy) is 1. The molecule has 0 radical (unpaired) electrons. The molecular weight excluding hydrogens is 516 g/mol. The molecule has 0 aliphatic carbocycles. The third-order valence-corrected chi connectivity index (χ3v) is 7.44. The van der Waals surface area contributed by atoms with Crippen molar-refractivity contribution in [2.24, 2.45) is 0 Å². The number of amides is 3. The number of halogens is 1. The molecule has 0 saturated carbocycles. The lowest BCUT2D eigenvalue weighted by atomic mass is 10.00. The van der Waals surface area contributed by atoms with Crippen LogP contribution in [-0.4, -0.2) is 53.0 Å². The van der Waals surface area contributed by atoms with Crippen molar-refractivity contribution in [2.75, 3.05) is 20.2 Å². The summed E-state index contributed by atoms with van der Waals surface area (Å²) in [5.41, 5.74) is 3.07. The van der Waals surface area contributed by atoms with Crippen LogP contribution < -0.4 is 0 Å². The summed E-state index contributed by atoms with van der Waals surface area (Å²) >= 11 is 6.84. The predicted molar refractivity (Wildman–Crippen MR) is 139 cm³/mol. The van der Waals surface area contributed by atoms with Crippen molar-refractivity contribution in [3.63, 3.8) is 0 Å². The Labute approximate surface area is 221 Å². The maximum atomic E-state index is 12.9. The van der Waals surface area contributed by atoms with Gasteiger partial charge in [-0.25, -0.2) is 4.79 Å². The van der Waals surface area contributed by atoms with Crippen LogP contribution in [0.15, 0.2) is 63.9 Å². The van der Waals surface area contributed by atoms with Crippen LogP contribution >= 0.6 is 23.4 Å². The number of esters is 1. The van der Waals surface area contributed by atoms with Crippen LogP contribution in [0.3, 0.4) is 0 Å². The number of fused-ring (bicyclic) bond motifs is 1. The van der Waals surface area contributed by atoms with E-state index in [1.165, 1.54) is 18.7 Å². The van der Waals surface area contributed by atoms with Gasteiger partial charge in [0.1, 0.15) is 18.1 Å². The molecule has 3 heterocycles. The largest absolute Gasteiger partial charge is 0.465 e. The average molecular weight is 537 g/mol. The molecule has 8 nitrogen and oxygen atoms in total. The van der Waals surface area contributed by atoms with Gasteiger partial charge in [-0.1, -0.05) is 35.9 Å². The molecule has 1 saturated heterocycles. The van der Waals surface area contributed by atoms with Gasteiger partial charge in [-0.15, -0.1) is 0 Å². The van der Waals surface area contributed by atoms with E-state index in [1.807, 2.05) is 24.3 Å². The van der Waals surface area contributed by atoms with Crippen molar-refractivity contribution in [1.82, 2.24) is 9.80 Å². The molecule has 3 amide bonds. The lowest BCUT2D eigenvalue weighted by Gasteiger charge is -2.29. The van der Waals surface area contributed by atoms with Gasteiger partial charge in [0.25, 0.3) is 11.1 Å². The molecule has 1 aromatic heterocycles. The van der Waals surface area contributed by atoms with E-state index in [9.17, 15) is 19.2 Å². The van der Waals surface area contributed by atoms with Crippen molar-refractivity contribution in [2.45, 2.75) is 13.0 Å². The Bertz CT molecular complexity index is 1460. The Kier molecular flexibility index (Phi) is 6.90. The summed E-state index contributed by atoms with van der Waals surface area (Å²) in [6.07, 6.45) is 2.20. The summed E-state index contributed by atoms with van der Waals surface area (Å²) in [7, 11) is 1.27. The number of hydrogen-bond donors (Lipinski definition) is 0. The SMILES string of the molecule is COC(=O)c1cc(-c2ccc(/C=C3/SC(=O)N(CC(=O)N4CCc5ccccc5C4)C3=O)o2)ccc1Cl. The van der Waals surface area contributed by atoms with E-state index < -0.39 is 17.1 Å². The van der Waals surface area contributed by atoms with E-state index >= 15 is 0 Å². The van der Waals surface area contributed by atoms with Gasteiger partial charge < -0.3 is 14.1 Å². The molecule has 0 atom stereocenters. The van der Waals surface area contributed by atoms with Crippen LogP contribution in [0.2, 0.25) is 5.02 Å². The number of methoxy groups -OCH3 is 1. The van der Waals surface area contributed by atoms with Crippen LogP contribution in [0.1, 0.15) is 27.2 Å². The van der Waals surface area contributed by atoms with Crippen LogP contribution in [0, 0.1) is 0 Å². The normalized spacial score (nSPS) is 16.3. The summed E-state index contributed by atoms with van der Waals surface area (Å²) in [6.45, 7) is 0.687. The second-order valence-corrected chi connectivity index (χ2v) is 9.89. The molecule has 188 valence electrons. The quantitative estimate of drug-likeness (QED) is 0.334. The van der Waals surface area contributed by atoms with Gasteiger partial charge in [0.2, 0.25) is 5.91 Å². The summed E-state index contributed by atoms with van der Waals surface area (Å²) in [5.74, 6) is -0.613. The van der Waals surface area contributed by atoms with Gasteiger partial charge in [-0.3, -0.25) is 19.3 Å². The molecule has 5 rings (SSSR count). The Morgan fingerprint density at radius 1 is 1.11 bits per heavy atom. The van der Waals surface area contributed by atoms with E-state index in [2.05, 4.69) is 0 Å². The van der Waals surface area contributed by atoms with E-state index in [-0.39, 0.29) is 27.9 Å². The number of furan rings is 1. The number of carbonyl (C=O) groups excluding carboxylic acids is 4. The summed E-state index contributed by atoms with van der Waals surface area (Å²) in [5, 5.41) is -0.256. The zero-order valence-corrected chi connectivity index (χ0v) is 21.3. The first-order chi connectivity index (χ1) is 17.8. The highest BCUT2D eigenvalue weighted by Crippen LogP contribution is 2.34. The topological polar surface area (TPSA) is 97.1 Å². The number of carbonyl (C=O) groups is 4. The Balaban J connectivity index is 1.28. The van der Waals surface area contributed by atoms with Gasteiger partial charge in [0.05, 0.1) is 22.6 Å². The molecule has 37 heavy (non-hydrogen) atoms. The van der Waals surface area contributed by atoms with Gasteiger partial charge in [0.15, 0.2) is 0 Å². The molecule has 1 fully saturated rings. The van der Waals surface area contributed by atoms with Gasteiger partial charge in [-0.2, -0.15) is 0 Å². The first kappa shape index (κ1) is 24.9. The fraction of sp³-hybridized carbons (Fsp3) is 0.185. The highest BCUT2D eigenvalue weighted by molar-refractivity contribution is 8.18. The zero-order valence-electron chi connectivity index (χ0n) is 19.7. The highest BCUT2D eigenvalue weighted by atomic mass is 35.5. The van der Waals surface area contributed by atoms with E-state index in [1.54, 1.807) is 35.2 Å². The molecule has 0 unspecified atom stereocenters. The van der Waals surface area contributed by atoms with E-state index in [0.717, 1.165) is 28.6 Å². The Morgan fingerprint density at radius 3 is 2.68 bits per heavy atom. The molecule has 2 aliphatic rings. The third-order valence-electron chi connectivity index (χ3n) is 6.21. The van der Waals surface area contributed by atoms with Crippen LogP contribution in [0.5, 0.6) is 0 Å². The van der Waals surface area contributed by atoms with Gasteiger partial charge in [0, 0.05) is 24.7 Å². The van der Waals surface area contributed by atoms with Crippen LogP contribution in [0.25, 0.3) is 17.4 Å². The van der Waals surface area contributed by atoms with E-state index in [4.69, 9.17) is 20.8 Å². The molecule has 2 aliphatic heterocycles. The van der Waals surface area contributed by atoms with Crippen molar-refractivity contribution in [3.05, 3.63) is 87.0 Å². The first-order valence-electron chi connectivity index (χ1n) is 11.4. The lowest BCUT2D eigenvalue weighted by Crippen LogP contribution is -2.44. The minimum atomic E-state index is -0.574. The summed E-state index contributed by atoms with van der Waals surface area (Å²) < 4.78 is 10.6. The molecule has 0 spiro atoms. The van der Waals surface area contributed by atoms with Gasteiger partial charge >= 0.3 is 5.97 Å². The lowest BCUT2D eigenvalue weighted by molar-refractivity contribution is -0.136. The third kappa shape index (κ3) is 5.05. The number of imide groups is 1. The molecular formula is C27H21ClN2O6S.